The van der Waals surface area contributed by atoms with E-state index in [1.54, 1.807) is 6.20 Å². The van der Waals surface area contributed by atoms with Crippen LogP contribution in [0.5, 0.6) is 0 Å². The van der Waals surface area contributed by atoms with Crippen LogP contribution < -0.4 is 5.32 Å². The molecule has 7 heteroatoms. The summed E-state index contributed by atoms with van der Waals surface area (Å²) in [7, 11) is 0. The molecule has 1 aliphatic heterocycles. The predicted octanol–water partition coefficient (Wildman–Crippen LogP) is 4.05. The van der Waals surface area contributed by atoms with Gasteiger partial charge in [-0.3, -0.25) is 14.3 Å². The second kappa shape index (κ2) is 10.1. The fraction of sp³-hybridized carbons (Fsp3) is 0.333. The van der Waals surface area contributed by atoms with E-state index in [0.717, 1.165) is 49.4 Å². The summed E-state index contributed by atoms with van der Waals surface area (Å²) in [5.41, 5.74) is 5.52. The Morgan fingerprint density at radius 1 is 1.13 bits per heavy atom. The molecule has 0 saturated carbocycles. The van der Waals surface area contributed by atoms with E-state index in [2.05, 4.69) is 59.4 Å². The highest BCUT2D eigenvalue weighted by Gasteiger charge is 2.12. The van der Waals surface area contributed by atoms with Crippen LogP contribution in [0.15, 0.2) is 60.0 Å². The monoisotopic (exact) mass is 436 g/mol. The summed E-state index contributed by atoms with van der Waals surface area (Å²) in [6, 6.07) is 14.4. The van der Waals surface area contributed by atoms with Crippen molar-refractivity contribution in [2.45, 2.75) is 25.5 Å². The van der Waals surface area contributed by atoms with Crippen LogP contribution in [0.4, 0.5) is 5.69 Å². The van der Waals surface area contributed by atoms with E-state index in [9.17, 15) is 4.79 Å². The fourth-order valence-corrected chi connectivity index (χ4v) is 4.36. The smallest absolute Gasteiger partial charge is 0.234 e. The summed E-state index contributed by atoms with van der Waals surface area (Å²) in [6.45, 7) is 8.60. The van der Waals surface area contributed by atoms with Crippen LogP contribution in [0, 0.1) is 13.8 Å². The number of hydrogen-bond donors (Lipinski definition) is 1. The van der Waals surface area contributed by atoms with Crippen molar-refractivity contribution in [2.75, 3.05) is 37.4 Å². The van der Waals surface area contributed by atoms with Gasteiger partial charge in [0.15, 0.2) is 5.16 Å². The number of aromatic nitrogens is 2. The summed E-state index contributed by atoms with van der Waals surface area (Å²) < 4.78 is 7.44. The third-order valence-corrected chi connectivity index (χ3v) is 6.28. The molecule has 0 atom stereocenters. The molecule has 0 bridgehead atoms. The molecule has 0 unspecified atom stereocenters. The molecule has 1 aliphatic rings. The number of hydrogen-bond acceptors (Lipinski definition) is 5. The Morgan fingerprint density at radius 3 is 2.68 bits per heavy atom. The van der Waals surface area contributed by atoms with E-state index in [1.807, 2.05) is 22.9 Å². The van der Waals surface area contributed by atoms with Crippen LogP contribution in [-0.4, -0.2) is 52.4 Å². The number of morpholine rings is 1. The molecule has 4 rings (SSSR count). The Labute approximate surface area is 187 Å². The van der Waals surface area contributed by atoms with Gasteiger partial charge in [-0.05, 0) is 48.7 Å². The first-order valence-electron chi connectivity index (χ1n) is 10.5. The molecule has 0 aliphatic carbocycles. The van der Waals surface area contributed by atoms with E-state index in [4.69, 9.17) is 4.74 Å². The molecule has 6 nitrogen and oxygen atoms in total. The van der Waals surface area contributed by atoms with Gasteiger partial charge in [0.25, 0.3) is 0 Å². The number of imidazole rings is 1. The van der Waals surface area contributed by atoms with Gasteiger partial charge in [-0.25, -0.2) is 4.98 Å². The van der Waals surface area contributed by atoms with Crippen molar-refractivity contribution in [3.63, 3.8) is 0 Å². The number of aryl methyl sites for hydroxylation is 2. The number of rotatable bonds is 7. The molecular weight excluding hydrogens is 408 g/mol. The number of carbonyl (C=O) groups is 1. The van der Waals surface area contributed by atoms with Crippen LogP contribution in [-0.2, 0) is 16.1 Å². The predicted molar refractivity (Wildman–Crippen MR) is 125 cm³/mol. The molecule has 2 heterocycles. The van der Waals surface area contributed by atoms with Crippen LogP contribution >= 0.6 is 11.8 Å². The fourth-order valence-electron chi connectivity index (χ4n) is 3.60. The maximum absolute atomic E-state index is 12.5. The highest BCUT2D eigenvalue weighted by Crippen LogP contribution is 2.24. The Balaban J connectivity index is 1.32. The van der Waals surface area contributed by atoms with Gasteiger partial charge in [0.05, 0.1) is 24.7 Å². The van der Waals surface area contributed by atoms with Crippen LogP contribution in [0.3, 0.4) is 0 Å². The average molecular weight is 437 g/mol. The van der Waals surface area contributed by atoms with Gasteiger partial charge in [0.1, 0.15) is 0 Å². The minimum absolute atomic E-state index is 0.0403. The first kappa shape index (κ1) is 21.6. The zero-order valence-electron chi connectivity index (χ0n) is 18.0. The Hall–Kier alpha value is -2.61. The van der Waals surface area contributed by atoms with E-state index in [-0.39, 0.29) is 5.91 Å². The third kappa shape index (κ3) is 5.76. The van der Waals surface area contributed by atoms with Gasteiger partial charge in [0, 0.05) is 37.7 Å². The van der Waals surface area contributed by atoms with Crippen molar-refractivity contribution < 1.29 is 9.53 Å². The second-order valence-corrected chi connectivity index (χ2v) is 8.73. The highest BCUT2D eigenvalue weighted by atomic mass is 32.2. The van der Waals surface area contributed by atoms with Crippen molar-refractivity contribution in [3.8, 4) is 5.69 Å². The standard InChI is InChI=1S/C24H28N4O2S/c1-18-3-4-19(2)22(15-18)28-10-9-25-24(28)31-17-23(29)26-21-7-5-20(6-8-21)16-27-11-13-30-14-12-27/h3-10,15H,11-14,16-17H2,1-2H3,(H,26,29). The van der Waals surface area contributed by atoms with E-state index in [1.165, 1.54) is 28.5 Å². The number of thioether (sulfide) groups is 1. The minimum Gasteiger partial charge on any atom is -0.379 e. The largest absolute Gasteiger partial charge is 0.379 e. The lowest BCUT2D eigenvalue weighted by Crippen LogP contribution is -2.35. The molecule has 162 valence electrons. The quantitative estimate of drug-likeness (QED) is 0.566. The number of nitrogens with one attached hydrogen (secondary N) is 1. The Kier molecular flexibility index (Phi) is 7.06. The van der Waals surface area contributed by atoms with Crippen molar-refractivity contribution in [1.82, 2.24) is 14.5 Å². The topological polar surface area (TPSA) is 59.4 Å². The first-order chi connectivity index (χ1) is 15.1. The van der Waals surface area contributed by atoms with Gasteiger partial charge in [-0.1, -0.05) is 36.0 Å². The molecule has 3 aromatic rings. The van der Waals surface area contributed by atoms with Gasteiger partial charge < -0.3 is 10.1 Å². The molecule has 0 spiro atoms. The van der Waals surface area contributed by atoms with E-state index in [0.29, 0.717) is 5.75 Å². The normalized spacial score (nSPS) is 14.5. The second-order valence-electron chi connectivity index (χ2n) is 7.79. The van der Waals surface area contributed by atoms with Crippen LogP contribution in [0.2, 0.25) is 0 Å². The molecule has 1 aromatic heterocycles. The van der Waals surface area contributed by atoms with Crippen molar-refractivity contribution in [3.05, 3.63) is 71.5 Å². The first-order valence-corrected chi connectivity index (χ1v) is 11.5. The number of ether oxygens (including phenoxy) is 1. The third-order valence-electron chi connectivity index (χ3n) is 5.31. The van der Waals surface area contributed by atoms with Crippen LogP contribution in [0.25, 0.3) is 5.69 Å². The number of benzene rings is 2. The lowest BCUT2D eigenvalue weighted by Gasteiger charge is -2.26. The van der Waals surface area contributed by atoms with E-state index < -0.39 is 0 Å². The zero-order valence-corrected chi connectivity index (χ0v) is 18.8. The van der Waals surface area contributed by atoms with Gasteiger partial charge in [-0.15, -0.1) is 0 Å². The van der Waals surface area contributed by atoms with E-state index >= 15 is 0 Å². The lowest BCUT2D eigenvalue weighted by molar-refractivity contribution is -0.113. The summed E-state index contributed by atoms with van der Waals surface area (Å²) in [6.07, 6.45) is 3.71. The minimum atomic E-state index is -0.0403. The van der Waals surface area contributed by atoms with Crippen molar-refractivity contribution in [2.24, 2.45) is 0 Å². The molecule has 2 aromatic carbocycles. The summed E-state index contributed by atoms with van der Waals surface area (Å²) >= 11 is 1.44. The maximum atomic E-state index is 12.5. The number of carbonyl (C=O) groups excluding carboxylic acids is 1. The number of anilines is 1. The van der Waals surface area contributed by atoms with Gasteiger partial charge >= 0.3 is 0 Å². The Bertz CT molecular complexity index is 1030. The number of nitrogens with zero attached hydrogens (tertiary/aromatic N) is 3. The van der Waals surface area contributed by atoms with Gasteiger partial charge in [-0.2, -0.15) is 0 Å². The molecule has 0 radical (unpaired) electrons. The summed E-state index contributed by atoms with van der Waals surface area (Å²) in [5.74, 6) is 0.263. The van der Waals surface area contributed by atoms with Crippen molar-refractivity contribution >= 4 is 23.4 Å². The number of amides is 1. The Morgan fingerprint density at radius 2 is 1.90 bits per heavy atom. The molecule has 1 fully saturated rings. The highest BCUT2D eigenvalue weighted by molar-refractivity contribution is 7.99. The van der Waals surface area contributed by atoms with Crippen molar-refractivity contribution in [1.29, 1.82) is 0 Å². The summed E-state index contributed by atoms with van der Waals surface area (Å²) in [4.78, 5) is 19.3. The SMILES string of the molecule is Cc1ccc(C)c(-n2ccnc2SCC(=O)Nc2ccc(CN3CCOCC3)cc2)c1. The zero-order chi connectivity index (χ0) is 21.6. The molecule has 1 N–H and O–H groups in total. The lowest BCUT2D eigenvalue weighted by atomic mass is 10.1. The molecule has 1 saturated heterocycles. The summed E-state index contributed by atoms with van der Waals surface area (Å²) in [5, 5.41) is 3.79. The van der Waals surface area contributed by atoms with Crippen LogP contribution in [0.1, 0.15) is 16.7 Å². The molecular formula is C24H28N4O2S. The molecule has 31 heavy (non-hydrogen) atoms. The molecule has 1 amide bonds. The maximum Gasteiger partial charge on any atom is 0.234 e. The average Bonchev–Trinajstić information content (AvgIpc) is 3.24. The van der Waals surface area contributed by atoms with Gasteiger partial charge in [0.2, 0.25) is 5.91 Å².